The van der Waals surface area contributed by atoms with E-state index in [1.807, 2.05) is 27.7 Å². The summed E-state index contributed by atoms with van der Waals surface area (Å²) in [5.41, 5.74) is 2.46. The Bertz CT molecular complexity index is 1300. The van der Waals surface area contributed by atoms with Crippen LogP contribution in [0.5, 0.6) is 0 Å². The molecule has 0 saturated carbocycles. The van der Waals surface area contributed by atoms with Gasteiger partial charge >= 0.3 is 0 Å². The lowest BCUT2D eigenvalue weighted by atomic mass is 10.0. The number of hydrogen-bond acceptors (Lipinski definition) is 7. The second-order valence-electron chi connectivity index (χ2n) is 8.13. The number of nitro groups is 1. The van der Waals surface area contributed by atoms with Crippen LogP contribution < -0.4 is 10.5 Å². The van der Waals surface area contributed by atoms with Crippen molar-refractivity contribution in [3.05, 3.63) is 54.7 Å². The van der Waals surface area contributed by atoms with Crippen LogP contribution in [0, 0.1) is 24.0 Å². The number of carbonyl (C=O) groups excluding carboxylic acids is 1. The van der Waals surface area contributed by atoms with Gasteiger partial charge < -0.3 is 4.90 Å². The normalized spacial score (nSPS) is 13.6. The van der Waals surface area contributed by atoms with Crippen molar-refractivity contribution in [1.29, 1.82) is 0 Å². The number of hydrogen-bond donors (Lipinski definition) is 0. The van der Waals surface area contributed by atoms with E-state index in [-0.39, 0.29) is 28.9 Å². The predicted octanol–water partition coefficient (Wildman–Crippen LogP) is 4.64. The van der Waals surface area contributed by atoms with Gasteiger partial charge in [0.15, 0.2) is 5.16 Å². The van der Waals surface area contributed by atoms with E-state index in [1.54, 1.807) is 21.6 Å². The van der Waals surface area contributed by atoms with Crippen LogP contribution in [0.2, 0.25) is 0 Å². The first-order chi connectivity index (χ1) is 15.2. The highest BCUT2D eigenvalue weighted by molar-refractivity contribution is 7.99. The Balaban J connectivity index is 1.62. The molecular formula is C22H24N4O4S2. The minimum Gasteiger partial charge on any atom is -0.311 e. The molecule has 0 saturated heterocycles. The number of anilines is 1. The monoisotopic (exact) mass is 472 g/mol. The SMILES string of the molecule is Cc1sc2nc(SCC(=O)N3CCCc4cc([N+](=O)[O-])ccc43)n(C(C)C)c(=O)c2c1C. The summed E-state index contributed by atoms with van der Waals surface area (Å²) in [5, 5.41) is 12.3. The van der Waals surface area contributed by atoms with Gasteiger partial charge in [-0.15, -0.1) is 11.3 Å². The van der Waals surface area contributed by atoms with E-state index in [0.717, 1.165) is 28.1 Å². The van der Waals surface area contributed by atoms with Gasteiger partial charge in [-0.1, -0.05) is 11.8 Å². The molecule has 0 bridgehead atoms. The minimum absolute atomic E-state index is 0.0346. The van der Waals surface area contributed by atoms with Gasteiger partial charge in [0.1, 0.15) is 4.83 Å². The molecule has 1 aromatic carbocycles. The summed E-state index contributed by atoms with van der Waals surface area (Å²) < 4.78 is 1.66. The largest absolute Gasteiger partial charge is 0.311 e. The van der Waals surface area contributed by atoms with Gasteiger partial charge in [-0.25, -0.2) is 4.98 Å². The van der Waals surface area contributed by atoms with Gasteiger partial charge in [-0.3, -0.25) is 24.3 Å². The third kappa shape index (κ3) is 3.93. The van der Waals surface area contributed by atoms with Crippen molar-refractivity contribution >= 4 is 50.6 Å². The highest BCUT2D eigenvalue weighted by atomic mass is 32.2. The zero-order valence-corrected chi connectivity index (χ0v) is 20.0. The van der Waals surface area contributed by atoms with Crippen molar-refractivity contribution in [2.75, 3.05) is 17.2 Å². The van der Waals surface area contributed by atoms with Crippen molar-refractivity contribution in [3.63, 3.8) is 0 Å². The molecule has 4 rings (SSSR count). The van der Waals surface area contributed by atoms with Crippen molar-refractivity contribution in [3.8, 4) is 0 Å². The zero-order chi connectivity index (χ0) is 23.2. The smallest absolute Gasteiger partial charge is 0.269 e. The van der Waals surface area contributed by atoms with Gasteiger partial charge in [0.05, 0.1) is 16.1 Å². The quantitative estimate of drug-likeness (QED) is 0.232. The minimum atomic E-state index is -0.419. The summed E-state index contributed by atoms with van der Waals surface area (Å²) in [7, 11) is 0. The maximum absolute atomic E-state index is 13.2. The Hall–Kier alpha value is -2.72. The van der Waals surface area contributed by atoms with E-state index in [4.69, 9.17) is 4.98 Å². The first kappa shape index (κ1) is 22.5. The molecule has 0 unspecified atom stereocenters. The number of benzene rings is 1. The number of rotatable bonds is 5. The van der Waals surface area contributed by atoms with Crippen LogP contribution in [0.1, 0.15) is 42.3 Å². The Morgan fingerprint density at radius 1 is 1.34 bits per heavy atom. The third-order valence-corrected chi connectivity index (χ3v) is 7.78. The average Bonchev–Trinajstić information content (AvgIpc) is 3.04. The lowest BCUT2D eigenvalue weighted by Crippen LogP contribution is -2.37. The third-order valence-electron chi connectivity index (χ3n) is 5.74. The number of non-ortho nitro benzene ring substituents is 1. The fraction of sp³-hybridized carbons (Fsp3) is 0.409. The molecule has 0 spiro atoms. The second kappa shape index (κ2) is 8.67. The number of nitro benzene ring substituents is 1. The van der Waals surface area contributed by atoms with E-state index < -0.39 is 4.92 Å². The van der Waals surface area contributed by atoms with Crippen molar-refractivity contribution in [2.24, 2.45) is 0 Å². The summed E-state index contributed by atoms with van der Waals surface area (Å²) in [6.45, 7) is 8.36. The number of aryl methyl sites for hydroxylation is 3. The van der Waals surface area contributed by atoms with Gasteiger partial charge in [-0.05, 0) is 57.7 Å². The van der Waals surface area contributed by atoms with Crippen molar-refractivity contribution in [2.45, 2.75) is 51.7 Å². The summed E-state index contributed by atoms with van der Waals surface area (Å²) in [6, 6.07) is 4.55. The molecule has 0 atom stereocenters. The number of thiophene rings is 1. The number of carbonyl (C=O) groups is 1. The number of amides is 1. The maximum atomic E-state index is 13.2. The van der Waals surface area contributed by atoms with E-state index >= 15 is 0 Å². The molecule has 8 nitrogen and oxygen atoms in total. The summed E-state index contributed by atoms with van der Waals surface area (Å²) in [6.07, 6.45) is 1.45. The summed E-state index contributed by atoms with van der Waals surface area (Å²) in [4.78, 5) is 45.1. The van der Waals surface area contributed by atoms with Gasteiger partial charge in [0, 0.05) is 35.3 Å². The van der Waals surface area contributed by atoms with E-state index in [1.165, 1.54) is 29.2 Å². The van der Waals surface area contributed by atoms with Gasteiger partial charge in [-0.2, -0.15) is 0 Å². The molecule has 0 fully saturated rings. The average molecular weight is 473 g/mol. The first-order valence-corrected chi connectivity index (χ1v) is 12.2. The van der Waals surface area contributed by atoms with Crippen LogP contribution in [-0.2, 0) is 11.2 Å². The van der Waals surface area contributed by atoms with Crippen LogP contribution in [0.4, 0.5) is 11.4 Å². The molecule has 2 aromatic heterocycles. The van der Waals surface area contributed by atoms with E-state index in [0.29, 0.717) is 28.3 Å². The number of thioether (sulfide) groups is 1. The van der Waals surface area contributed by atoms with E-state index in [2.05, 4.69) is 0 Å². The van der Waals surface area contributed by atoms with Crippen molar-refractivity contribution < 1.29 is 9.72 Å². The first-order valence-electron chi connectivity index (χ1n) is 10.4. The number of fused-ring (bicyclic) bond motifs is 2. The van der Waals surface area contributed by atoms with E-state index in [9.17, 15) is 19.7 Å². The standard InChI is InChI=1S/C22H24N4O4S2/c1-12(2)25-21(28)19-13(3)14(4)32-20(19)23-22(25)31-11-18(27)24-9-5-6-15-10-16(26(29)30)7-8-17(15)24/h7-8,10,12H,5-6,9,11H2,1-4H3. The topological polar surface area (TPSA) is 98.3 Å². The van der Waals surface area contributed by atoms with Crippen LogP contribution in [0.15, 0.2) is 28.2 Å². The van der Waals surface area contributed by atoms with Crippen molar-refractivity contribution in [1.82, 2.24) is 9.55 Å². The molecule has 0 N–H and O–H groups in total. The van der Waals surface area contributed by atoms with Gasteiger partial charge in [0.25, 0.3) is 11.2 Å². The lowest BCUT2D eigenvalue weighted by Gasteiger charge is -2.29. The highest BCUT2D eigenvalue weighted by Gasteiger charge is 2.25. The lowest BCUT2D eigenvalue weighted by molar-refractivity contribution is -0.384. The second-order valence-corrected chi connectivity index (χ2v) is 10.3. The molecule has 1 aliphatic rings. The summed E-state index contributed by atoms with van der Waals surface area (Å²) >= 11 is 2.76. The van der Waals surface area contributed by atoms with Gasteiger partial charge in [0.2, 0.25) is 5.91 Å². The predicted molar refractivity (Wildman–Crippen MR) is 128 cm³/mol. The van der Waals surface area contributed by atoms with Crippen LogP contribution >= 0.6 is 23.1 Å². The summed E-state index contributed by atoms with van der Waals surface area (Å²) in [5.74, 6) is 0.0257. The molecule has 1 aliphatic heterocycles. The molecule has 0 aliphatic carbocycles. The molecule has 10 heteroatoms. The molecule has 168 valence electrons. The Morgan fingerprint density at radius 3 is 2.78 bits per heavy atom. The van der Waals surface area contributed by atoms with Crippen LogP contribution in [0.3, 0.4) is 0 Å². The molecule has 0 radical (unpaired) electrons. The van der Waals surface area contributed by atoms with Crippen LogP contribution in [-0.4, -0.2) is 32.7 Å². The fourth-order valence-corrected chi connectivity index (χ4v) is 6.08. The molecule has 1 amide bonds. The molecular weight excluding hydrogens is 448 g/mol. The Morgan fingerprint density at radius 2 is 2.09 bits per heavy atom. The Labute approximate surface area is 193 Å². The highest BCUT2D eigenvalue weighted by Crippen LogP contribution is 2.32. The molecule has 3 aromatic rings. The maximum Gasteiger partial charge on any atom is 0.269 e. The Kier molecular flexibility index (Phi) is 6.09. The number of nitrogens with zero attached hydrogens (tertiary/aromatic N) is 4. The zero-order valence-electron chi connectivity index (χ0n) is 18.4. The number of aromatic nitrogens is 2. The fourth-order valence-electron chi connectivity index (χ4n) is 4.01. The molecule has 3 heterocycles. The molecule has 32 heavy (non-hydrogen) atoms. The van der Waals surface area contributed by atoms with Crippen LogP contribution in [0.25, 0.3) is 10.2 Å².